The van der Waals surface area contributed by atoms with Gasteiger partial charge in [0.2, 0.25) is 0 Å². The maximum atomic E-state index is 11.7. The summed E-state index contributed by atoms with van der Waals surface area (Å²) >= 11 is 0. The summed E-state index contributed by atoms with van der Waals surface area (Å²) < 4.78 is 31.6. The third-order valence-corrected chi connectivity index (χ3v) is 4.25. The first-order chi connectivity index (χ1) is 6.48. The molecule has 1 heterocycles. The van der Waals surface area contributed by atoms with E-state index in [9.17, 15) is 8.42 Å². The van der Waals surface area contributed by atoms with E-state index in [1.165, 1.54) is 8.61 Å². The van der Waals surface area contributed by atoms with Crippen molar-refractivity contribution < 1.29 is 13.2 Å². The van der Waals surface area contributed by atoms with E-state index in [4.69, 9.17) is 4.74 Å². The van der Waals surface area contributed by atoms with Crippen LogP contribution in [0.5, 0.6) is 0 Å². The highest BCUT2D eigenvalue weighted by atomic mass is 32.2. The first kappa shape index (κ1) is 11.9. The molecule has 6 heteroatoms. The molecule has 0 unspecified atom stereocenters. The fourth-order valence-electron chi connectivity index (χ4n) is 1.38. The Labute approximate surface area is 85.8 Å². The number of ether oxygens (including phenoxy) is 1. The molecule has 0 radical (unpaired) electrons. The molecule has 1 fully saturated rings. The zero-order valence-corrected chi connectivity index (χ0v) is 9.75. The summed E-state index contributed by atoms with van der Waals surface area (Å²) in [5.74, 6) is 0. The van der Waals surface area contributed by atoms with E-state index in [1.807, 2.05) is 6.92 Å². The zero-order chi connectivity index (χ0) is 10.8. The van der Waals surface area contributed by atoms with E-state index >= 15 is 0 Å². The second-order valence-corrected chi connectivity index (χ2v) is 5.69. The summed E-state index contributed by atoms with van der Waals surface area (Å²) in [4.78, 5) is 0. The lowest BCUT2D eigenvalue weighted by Gasteiger charge is -2.33. The van der Waals surface area contributed by atoms with E-state index in [0.29, 0.717) is 19.7 Å². The molecule has 1 aliphatic heterocycles. The summed E-state index contributed by atoms with van der Waals surface area (Å²) in [6.07, 6.45) is 0.887. The molecular weight excluding hydrogens is 204 g/mol. The van der Waals surface area contributed by atoms with Crippen molar-refractivity contribution in [3.05, 3.63) is 0 Å². The van der Waals surface area contributed by atoms with Crippen LogP contribution in [0, 0.1) is 0 Å². The van der Waals surface area contributed by atoms with Gasteiger partial charge in [-0.1, -0.05) is 6.92 Å². The van der Waals surface area contributed by atoms with Crippen LogP contribution in [0.3, 0.4) is 0 Å². The molecule has 5 nitrogen and oxygen atoms in total. The Balaban J connectivity index is 2.69. The lowest BCUT2D eigenvalue weighted by atomic mass is 10.2. The van der Waals surface area contributed by atoms with Crippen molar-refractivity contribution in [2.24, 2.45) is 0 Å². The number of nitrogens with zero attached hydrogens (tertiary/aromatic N) is 2. The third kappa shape index (κ3) is 2.44. The van der Waals surface area contributed by atoms with E-state index < -0.39 is 10.2 Å². The molecule has 0 bridgehead atoms. The van der Waals surface area contributed by atoms with E-state index in [2.05, 4.69) is 0 Å². The Bertz CT molecular complexity index is 276. The largest absolute Gasteiger partial charge is 0.375 e. The van der Waals surface area contributed by atoms with Crippen molar-refractivity contribution in [3.63, 3.8) is 0 Å². The van der Waals surface area contributed by atoms with Crippen molar-refractivity contribution >= 4 is 10.2 Å². The van der Waals surface area contributed by atoms with Crippen molar-refractivity contribution in [1.29, 1.82) is 0 Å². The number of hydrogen-bond donors (Lipinski definition) is 0. The van der Waals surface area contributed by atoms with Crippen LogP contribution in [0.25, 0.3) is 0 Å². The van der Waals surface area contributed by atoms with Crippen LogP contribution in [0.2, 0.25) is 0 Å². The van der Waals surface area contributed by atoms with Crippen LogP contribution in [0.1, 0.15) is 13.3 Å². The van der Waals surface area contributed by atoms with Gasteiger partial charge in [-0.3, -0.25) is 0 Å². The van der Waals surface area contributed by atoms with Gasteiger partial charge in [0.1, 0.15) is 0 Å². The average Bonchev–Trinajstić information content (AvgIpc) is 2.17. The number of hydrogen-bond acceptors (Lipinski definition) is 3. The van der Waals surface area contributed by atoms with E-state index in [0.717, 1.165) is 6.42 Å². The van der Waals surface area contributed by atoms with Crippen LogP contribution in [0.4, 0.5) is 0 Å². The van der Waals surface area contributed by atoms with Crippen LogP contribution in [-0.4, -0.2) is 56.9 Å². The lowest BCUT2D eigenvalue weighted by molar-refractivity contribution is -0.00405. The first-order valence-corrected chi connectivity index (χ1v) is 6.17. The van der Waals surface area contributed by atoms with Gasteiger partial charge in [0, 0.05) is 27.2 Å². The summed E-state index contributed by atoms with van der Waals surface area (Å²) in [6.45, 7) is 3.41. The van der Waals surface area contributed by atoms with Crippen molar-refractivity contribution in [3.8, 4) is 0 Å². The second kappa shape index (κ2) is 4.57. The molecule has 84 valence electrons. The topological polar surface area (TPSA) is 49.9 Å². The minimum atomic E-state index is -3.26. The number of rotatable bonds is 3. The summed E-state index contributed by atoms with van der Waals surface area (Å²) in [5.41, 5.74) is 0. The Morgan fingerprint density at radius 2 is 2.14 bits per heavy atom. The predicted molar refractivity (Wildman–Crippen MR) is 54.2 cm³/mol. The Kier molecular flexibility index (Phi) is 3.88. The van der Waals surface area contributed by atoms with Crippen molar-refractivity contribution in [2.45, 2.75) is 19.4 Å². The molecule has 0 spiro atoms. The molecule has 0 amide bonds. The second-order valence-electron chi connectivity index (χ2n) is 3.55. The molecule has 0 aromatic rings. The van der Waals surface area contributed by atoms with Gasteiger partial charge in [-0.25, -0.2) is 0 Å². The molecule has 0 N–H and O–H groups in total. The van der Waals surface area contributed by atoms with Crippen molar-refractivity contribution in [1.82, 2.24) is 8.61 Å². The molecule has 0 saturated carbocycles. The Morgan fingerprint density at radius 3 is 2.64 bits per heavy atom. The molecule has 1 atom stereocenters. The smallest absolute Gasteiger partial charge is 0.281 e. The van der Waals surface area contributed by atoms with Crippen LogP contribution < -0.4 is 0 Å². The third-order valence-electron chi connectivity index (χ3n) is 2.34. The van der Waals surface area contributed by atoms with Gasteiger partial charge in [-0.2, -0.15) is 17.0 Å². The summed E-state index contributed by atoms with van der Waals surface area (Å²) in [6, 6.07) is 0. The first-order valence-electron chi connectivity index (χ1n) is 4.77. The highest BCUT2D eigenvalue weighted by molar-refractivity contribution is 7.86. The monoisotopic (exact) mass is 222 g/mol. The molecule has 0 aliphatic carbocycles. The lowest BCUT2D eigenvalue weighted by Crippen LogP contribution is -2.49. The predicted octanol–water partition coefficient (Wildman–Crippen LogP) is -0.0964. The summed E-state index contributed by atoms with van der Waals surface area (Å²) in [7, 11) is -0.162. The zero-order valence-electron chi connectivity index (χ0n) is 8.93. The molecule has 0 aromatic heterocycles. The van der Waals surface area contributed by atoms with Gasteiger partial charge in [-0.05, 0) is 6.42 Å². The minimum Gasteiger partial charge on any atom is -0.375 e. The van der Waals surface area contributed by atoms with Crippen molar-refractivity contribution in [2.75, 3.05) is 33.8 Å². The fourth-order valence-corrected chi connectivity index (χ4v) is 2.50. The minimum absolute atomic E-state index is 0.0403. The molecule has 1 saturated heterocycles. The molecule has 1 aliphatic rings. The Hall–Kier alpha value is -0.170. The SMILES string of the molecule is CC[C@@H]1CN(S(=O)(=O)N(C)C)CCO1. The highest BCUT2D eigenvalue weighted by Gasteiger charge is 2.29. The van der Waals surface area contributed by atoms with E-state index in [-0.39, 0.29) is 6.10 Å². The normalized spacial score (nSPS) is 25.6. The number of morpholine rings is 1. The van der Waals surface area contributed by atoms with Gasteiger partial charge >= 0.3 is 0 Å². The maximum Gasteiger partial charge on any atom is 0.281 e. The van der Waals surface area contributed by atoms with Gasteiger partial charge in [-0.15, -0.1) is 0 Å². The fraction of sp³-hybridized carbons (Fsp3) is 1.00. The molecule has 1 rings (SSSR count). The molecule has 14 heavy (non-hydrogen) atoms. The summed E-state index contributed by atoms with van der Waals surface area (Å²) in [5, 5.41) is 0. The van der Waals surface area contributed by atoms with Crippen LogP contribution >= 0.6 is 0 Å². The standard InChI is InChI=1S/C8H18N2O3S/c1-4-8-7-10(5-6-13-8)14(11,12)9(2)3/h8H,4-7H2,1-3H3/t8-/m1/s1. The van der Waals surface area contributed by atoms with Gasteiger partial charge in [0.15, 0.2) is 0 Å². The quantitative estimate of drug-likeness (QED) is 0.670. The molecule has 0 aromatic carbocycles. The highest BCUT2D eigenvalue weighted by Crippen LogP contribution is 2.13. The van der Waals surface area contributed by atoms with Gasteiger partial charge in [0.05, 0.1) is 12.7 Å². The van der Waals surface area contributed by atoms with E-state index in [1.54, 1.807) is 14.1 Å². The Morgan fingerprint density at radius 1 is 1.50 bits per heavy atom. The average molecular weight is 222 g/mol. The molecular formula is C8H18N2O3S. The van der Waals surface area contributed by atoms with Crippen LogP contribution in [0.15, 0.2) is 0 Å². The van der Waals surface area contributed by atoms with Gasteiger partial charge in [0.25, 0.3) is 10.2 Å². The van der Waals surface area contributed by atoms with Gasteiger partial charge < -0.3 is 4.74 Å². The van der Waals surface area contributed by atoms with Crippen LogP contribution in [-0.2, 0) is 14.9 Å². The maximum absolute atomic E-state index is 11.7.